The third kappa shape index (κ3) is 4.22. The highest BCUT2D eigenvalue weighted by Gasteiger charge is 2.29. The summed E-state index contributed by atoms with van der Waals surface area (Å²) in [4.78, 5) is 26.5. The van der Waals surface area contributed by atoms with Crippen molar-refractivity contribution in [3.63, 3.8) is 0 Å². The number of hydrogen-bond donors (Lipinski definition) is 0. The number of halogens is 2. The van der Waals surface area contributed by atoms with Crippen molar-refractivity contribution in [2.45, 2.75) is 19.8 Å². The van der Waals surface area contributed by atoms with E-state index in [2.05, 4.69) is 0 Å². The molecule has 0 N–H and O–H groups in total. The van der Waals surface area contributed by atoms with Crippen LogP contribution in [0.5, 0.6) is 5.75 Å². The maximum absolute atomic E-state index is 13.0. The summed E-state index contributed by atoms with van der Waals surface area (Å²) >= 11 is 5.91. The van der Waals surface area contributed by atoms with Crippen molar-refractivity contribution in [2.75, 3.05) is 13.1 Å². The van der Waals surface area contributed by atoms with Crippen LogP contribution in [0.15, 0.2) is 42.5 Å². The summed E-state index contributed by atoms with van der Waals surface area (Å²) in [6.45, 7) is 2.77. The predicted molar refractivity (Wildman–Crippen MR) is 96.9 cm³/mol. The molecule has 1 heterocycles. The minimum atomic E-state index is -0.375. The van der Waals surface area contributed by atoms with Gasteiger partial charge in [-0.3, -0.25) is 9.59 Å². The number of benzene rings is 2. The third-order valence-electron chi connectivity index (χ3n) is 4.55. The molecule has 0 saturated carbocycles. The molecule has 0 bridgehead atoms. The summed E-state index contributed by atoms with van der Waals surface area (Å²) in [5, 5.41) is 0.593. The van der Waals surface area contributed by atoms with Crippen LogP contribution in [0, 0.1) is 18.7 Å². The topological polar surface area (TPSA) is 46.6 Å². The van der Waals surface area contributed by atoms with E-state index in [-0.39, 0.29) is 23.6 Å². The van der Waals surface area contributed by atoms with Gasteiger partial charge in [-0.1, -0.05) is 11.6 Å². The molecule has 3 rings (SSSR count). The molecule has 1 aliphatic heterocycles. The van der Waals surface area contributed by atoms with Crippen LogP contribution < -0.4 is 4.74 Å². The quantitative estimate of drug-likeness (QED) is 0.595. The molecule has 0 aromatic heterocycles. The van der Waals surface area contributed by atoms with E-state index in [0.29, 0.717) is 42.3 Å². The summed E-state index contributed by atoms with van der Waals surface area (Å²) in [6, 6.07) is 10.6. The molecule has 4 nitrogen and oxygen atoms in total. The molecule has 0 radical (unpaired) electrons. The van der Waals surface area contributed by atoms with E-state index >= 15 is 0 Å². The van der Waals surface area contributed by atoms with Crippen LogP contribution in [0.4, 0.5) is 4.39 Å². The number of hydrogen-bond acceptors (Lipinski definition) is 3. The Labute approximate surface area is 156 Å². The molecule has 0 unspecified atom stereocenters. The van der Waals surface area contributed by atoms with Gasteiger partial charge in [0.05, 0.1) is 5.92 Å². The minimum Gasteiger partial charge on any atom is -0.426 e. The van der Waals surface area contributed by atoms with Crippen LogP contribution in [-0.4, -0.2) is 29.9 Å². The molecule has 1 amide bonds. The fourth-order valence-corrected chi connectivity index (χ4v) is 3.24. The van der Waals surface area contributed by atoms with Crippen molar-refractivity contribution in [3.8, 4) is 5.75 Å². The lowest BCUT2D eigenvalue weighted by Crippen LogP contribution is -2.41. The number of esters is 1. The maximum Gasteiger partial charge on any atom is 0.314 e. The zero-order chi connectivity index (χ0) is 18.7. The molecule has 6 heteroatoms. The second-order valence-corrected chi connectivity index (χ2v) is 6.84. The molecular weight excluding hydrogens is 357 g/mol. The fraction of sp³-hybridized carbons (Fsp3) is 0.300. The third-order valence-corrected chi connectivity index (χ3v) is 4.79. The number of nitrogens with zero attached hydrogens (tertiary/aromatic N) is 1. The van der Waals surface area contributed by atoms with Gasteiger partial charge in [-0.05, 0) is 67.8 Å². The molecule has 0 atom stereocenters. The normalized spacial score (nSPS) is 15.0. The standard InChI is InChI=1S/C20H19ClFNO3/c1-13-12-16(21)4-7-18(13)26-20(25)15-8-10-23(11-9-15)19(24)14-2-5-17(22)6-3-14/h2-7,12,15H,8-11H2,1H3. The summed E-state index contributed by atoms with van der Waals surface area (Å²) in [5.74, 6) is -0.554. The first-order valence-electron chi connectivity index (χ1n) is 8.47. The van der Waals surface area contributed by atoms with E-state index in [1.807, 2.05) is 6.92 Å². The van der Waals surface area contributed by atoms with Gasteiger partial charge in [-0.15, -0.1) is 0 Å². The Hall–Kier alpha value is -2.40. The first-order valence-corrected chi connectivity index (χ1v) is 8.84. The number of rotatable bonds is 3. The SMILES string of the molecule is Cc1cc(Cl)ccc1OC(=O)C1CCN(C(=O)c2ccc(F)cc2)CC1. The van der Waals surface area contributed by atoms with Crippen LogP contribution in [0.2, 0.25) is 5.02 Å². The smallest absolute Gasteiger partial charge is 0.314 e. The van der Waals surface area contributed by atoms with E-state index < -0.39 is 0 Å². The Morgan fingerprint density at radius 3 is 2.38 bits per heavy atom. The van der Waals surface area contributed by atoms with Gasteiger partial charge in [-0.2, -0.15) is 0 Å². The van der Waals surface area contributed by atoms with Gasteiger partial charge >= 0.3 is 5.97 Å². The highest BCUT2D eigenvalue weighted by molar-refractivity contribution is 6.30. The molecule has 1 fully saturated rings. The highest BCUT2D eigenvalue weighted by Crippen LogP contribution is 2.25. The van der Waals surface area contributed by atoms with Crippen molar-refractivity contribution in [2.24, 2.45) is 5.92 Å². The molecule has 26 heavy (non-hydrogen) atoms. The molecular formula is C20H19ClFNO3. The van der Waals surface area contributed by atoms with Gasteiger partial charge in [0.2, 0.25) is 0 Å². The van der Waals surface area contributed by atoms with E-state index in [1.54, 1.807) is 23.1 Å². The number of carbonyl (C=O) groups excluding carboxylic acids is 2. The van der Waals surface area contributed by atoms with Crippen molar-refractivity contribution >= 4 is 23.5 Å². The largest absolute Gasteiger partial charge is 0.426 e. The van der Waals surface area contributed by atoms with Gasteiger partial charge in [0.15, 0.2) is 0 Å². The van der Waals surface area contributed by atoms with Crippen molar-refractivity contribution in [1.82, 2.24) is 4.90 Å². The molecule has 1 aliphatic rings. The summed E-state index contributed by atoms with van der Waals surface area (Å²) < 4.78 is 18.5. The van der Waals surface area contributed by atoms with Gasteiger partial charge in [0.1, 0.15) is 11.6 Å². The Bertz CT molecular complexity index is 814. The highest BCUT2D eigenvalue weighted by atomic mass is 35.5. The maximum atomic E-state index is 13.0. The first kappa shape index (κ1) is 18.4. The summed E-state index contributed by atoms with van der Waals surface area (Å²) in [7, 11) is 0. The number of carbonyl (C=O) groups is 2. The summed E-state index contributed by atoms with van der Waals surface area (Å²) in [6.07, 6.45) is 1.08. The predicted octanol–water partition coefficient (Wildman–Crippen LogP) is 4.25. The van der Waals surface area contributed by atoms with Gasteiger partial charge < -0.3 is 9.64 Å². The van der Waals surface area contributed by atoms with Crippen LogP contribution >= 0.6 is 11.6 Å². The molecule has 0 spiro atoms. The number of aryl methyl sites for hydroxylation is 1. The van der Waals surface area contributed by atoms with E-state index in [4.69, 9.17) is 16.3 Å². The second kappa shape index (κ2) is 7.87. The molecule has 2 aromatic rings. The number of amides is 1. The van der Waals surface area contributed by atoms with Crippen LogP contribution in [0.1, 0.15) is 28.8 Å². The average molecular weight is 376 g/mol. The zero-order valence-corrected chi connectivity index (χ0v) is 15.1. The average Bonchev–Trinajstić information content (AvgIpc) is 2.64. The van der Waals surface area contributed by atoms with Crippen LogP contribution in [-0.2, 0) is 4.79 Å². The molecule has 2 aromatic carbocycles. The van der Waals surface area contributed by atoms with E-state index in [1.165, 1.54) is 24.3 Å². The Morgan fingerprint density at radius 2 is 1.77 bits per heavy atom. The van der Waals surface area contributed by atoms with Crippen molar-refractivity contribution in [3.05, 3.63) is 64.4 Å². The van der Waals surface area contributed by atoms with E-state index in [0.717, 1.165) is 5.56 Å². The van der Waals surface area contributed by atoms with E-state index in [9.17, 15) is 14.0 Å². The van der Waals surface area contributed by atoms with Crippen molar-refractivity contribution in [1.29, 1.82) is 0 Å². The molecule has 1 saturated heterocycles. The second-order valence-electron chi connectivity index (χ2n) is 6.40. The van der Waals surface area contributed by atoms with Gasteiger partial charge in [0, 0.05) is 23.7 Å². The fourth-order valence-electron chi connectivity index (χ4n) is 3.01. The van der Waals surface area contributed by atoms with Gasteiger partial charge in [-0.25, -0.2) is 4.39 Å². The van der Waals surface area contributed by atoms with Gasteiger partial charge in [0.25, 0.3) is 5.91 Å². The Balaban J connectivity index is 1.56. The zero-order valence-electron chi connectivity index (χ0n) is 14.4. The monoisotopic (exact) mass is 375 g/mol. The number of likely N-dealkylation sites (tertiary alicyclic amines) is 1. The Kier molecular flexibility index (Phi) is 5.57. The van der Waals surface area contributed by atoms with Crippen LogP contribution in [0.3, 0.4) is 0 Å². The lowest BCUT2D eigenvalue weighted by atomic mass is 9.96. The lowest BCUT2D eigenvalue weighted by molar-refractivity contribution is -0.140. The minimum absolute atomic E-state index is 0.148. The molecule has 0 aliphatic carbocycles. The van der Waals surface area contributed by atoms with Crippen LogP contribution in [0.25, 0.3) is 0 Å². The number of piperidine rings is 1. The van der Waals surface area contributed by atoms with Crippen molar-refractivity contribution < 1.29 is 18.7 Å². The first-order chi connectivity index (χ1) is 12.4. The molecule has 136 valence electrons. The summed E-state index contributed by atoms with van der Waals surface area (Å²) in [5.41, 5.74) is 1.25. The Morgan fingerprint density at radius 1 is 1.12 bits per heavy atom. The lowest BCUT2D eigenvalue weighted by Gasteiger charge is -2.31. The number of ether oxygens (including phenoxy) is 1.